The fraction of sp³-hybridized carbons (Fsp3) is 0.688. The smallest absolute Gasteiger partial charge is 0.303 e. The van der Waals surface area contributed by atoms with Gasteiger partial charge >= 0.3 is 5.97 Å². The van der Waals surface area contributed by atoms with Crippen LogP contribution in [-0.4, -0.2) is 44.8 Å². The number of hydrogen-bond acceptors (Lipinski definition) is 3. The van der Waals surface area contributed by atoms with E-state index in [1.807, 2.05) is 18.0 Å². The van der Waals surface area contributed by atoms with Crippen molar-refractivity contribution in [1.29, 1.82) is 0 Å². The molecule has 0 spiro atoms. The van der Waals surface area contributed by atoms with Crippen molar-refractivity contribution in [1.82, 2.24) is 14.7 Å². The third-order valence-electron chi connectivity index (χ3n) is 4.30. The number of piperidine rings is 1. The maximum atomic E-state index is 12.6. The van der Waals surface area contributed by atoms with Gasteiger partial charge < -0.3 is 10.0 Å². The van der Waals surface area contributed by atoms with Crippen LogP contribution in [0, 0.1) is 5.92 Å². The molecule has 1 aromatic rings. The molecule has 0 aromatic carbocycles. The van der Waals surface area contributed by atoms with E-state index in [0.29, 0.717) is 24.6 Å². The molecule has 1 atom stereocenters. The summed E-state index contributed by atoms with van der Waals surface area (Å²) in [6.07, 6.45) is 2.74. The average molecular weight is 307 g/mol. The van der Waals surface area contributed by atoms with Crippen LogP contribution in [0.3, 0.4) is 0 Å². The van der Waals surface area contributed by atoms with Crippen molar-refractivity contribution in [2.75, 3.05) is 13.1 Å². The van der Waals surface area contributed by atoms with E-state index in [1.165, 1.54) is 0 Å². The van der Waals surface area contributed by atoms with Crippen molar-refractivity contribution in [2.45, 2.75) is 45.4 Å². The molecule has 1 fully saturated rings. The van der Waals surface area contributed by atoms with E-state index in [1.54, 1.807) is 4.68 Å². The number of likely N-dealkylation sites (tertiary alicyclic amines) is 1. The fourth-order valence-electron chi connectivity index (χ4n) is 3.10. The minimum Gasteiger partial charge on any atom is -0.481 e. The highest BCUT2D eigenvalue weighted by atomic mass is 16.4. The summed E-state index contributed by atoms with van der Waals surface area (Å²) < 4.78 is 1.77. The summed E-state index contributed by atoms with van der Waals surface area (Å²) in [4.78, 5) is 25.1. The summed E-state index contributed by atoms with van der Waals surface area (Å²) in [7, 11) is 1.86. The zero-order valence-electron chi connectivity index (χ0n) is 13.6. The van der Waals surface area contributed by atoms with E-state index >= 15 is 0 Å². The second-order valence-corrected chi connectivity index (χ2v) is 6.42. The van der Waals surface area contributed by atoms with Crippen LogP contribution < -0.4 is 0 Å². The predicted octanol–water partition coefficient (Wildman–Crippen LogP) is 2.26. The molecule has 0 bridgehead atoms. The van der Waals surface area contributed by atoms with Crippen molar-refractivity contribution < 1.29 is 14.7 Å². The summed E-state index contributed by atoms with van der Waals surface area (Å²) >= 11 is 0. The molecule has 0 unspecified atom stereocenters. The first-order chi connectivity index (χ1) is 10.4. The third kappa shape index (κ3) is 3.87. The molecule has 6 nitrogen and oxygen atoms in total. The van der Waals surface area contributed by atoms with E-state index in [-0.39, 0.29) is 18.2 Å². The van der Waals surface area contributed by atoms with Crippen molar-refractivity contribution in [2.24, 2.45) is 13.0 Å². The molecule has 1 aromatic heterocycles. The van der Waals surface area contributed by atoms with Crippen LogP contribution in [0.1, 0.15) is 61.6 Å². The summed E-state index contributed by atoms with van der Waals surface area (Å²) in [5.74, 6) is -0.205. The lowest BCUT2D eigenvalue weighted by atomic mass is 9.93. The van der Waals surface area contributed by atoms with Gasteiger partial charge in [0, 0.05) is 32.3 Å². The number of carboxylic acids is 1. The van der Waals surface area contributed by atoms with Crippen LogP contribution in [-0.2, 0) is 11.8 Å². The molecule has 22 heavy (non-hydrogen) atoms. The summed E-state index contributed by atoms with van der Waals surface area (Å²) in [6, 6.07) is 1.87. The van der Waals surface area contributed by atoms with Gasteiger partial charge in [0.25, 0.3) is 5.91 Å². The largest absolute Gasteiger partial charge is 0.481 e. The van der Waals surface area contributed by atoms with Gasteiger partial charge in [-0.05, 0) is 37.2 Å². The molecule has 0 saturated carbocycles. The first-order valence-electron chi connectivity index (χ1n) is 7.93. The Labute approximate surface area is 131 Å². The number of aryl methyl sites for hydroxylation is 1. The van der Waals surface area contributed by atoms with Gasteiger partial charge in [-0.15, -0.1) is 0 Å². The zero-order chi connectivity index (χ0) is 16.3. The summed E-state index contributed by atoms with van der Waals surface area (Å²) in [5.41, 5.74) is 1.54. The zero-order valence-corrected chi connectivity index (χ0v) is 13.6. The van der Waals surface area contributed by atoms with E-state index in [9.17, 15) is 9.59 Å². The second-order valence-electron chi connectivity index (χ2n) is 6.42. The Bertz CT molecular complexity index is 551. The normalized spacial score (nSPS) is 18.7. The molecule has 1 saturated heterocycles. The Hall–Kier alpha value is -1.85. The second kappa shape index (κ2) is 6.94. The van der Waals surface area contributed by atoms with Crippen molar-refractivity contribution in [3.05, 3.63) is 17.5 Å². The molecule has 1 amide bonds. The van der Waals surface area contributed by atoms with Crippen LogP contribution in [0.25, 0.3) is 0 Å². The Kier molecular flexibility index (Phi) is 5.21. The molecule has 2 heterocycles. The number of amides is 1. The molecule has 6 heteroatoms. The average Bonchev–Trinajstić information content (AvgIpc) is 2.87. The number of carboxylic acid groups (broad SMARTS) is 1. The number of aliphatic carboxylic acids is 1. The maximum absolute atomic E-state index is 12.6. The highest BCUT2D eigenvalue weighted by molar-refractivity contribution is 5.92. The number of aromatic nitrogens is 2. The molecule has 0 aliphatic carbocycles. The standard InChI is InChI=1S/C16H25N3O3/c1-11(2)14-9-13(17-18(14)3)16(22)19-8-4-5-12(10-19)6-7-15(20)21/h9,11-12H,4-8,10H2,1-3H3,(H,20,21)/t12-/m0/s1. The van der Waals surface area contributed by atoms with Gasteiger partial charge in [-0.3, -0.25) is 14.3 Å². The van der Waals surface area contributed by atoms with E-state index in [2.05, 4.69) is 18.9 Å². The van der Waals surface area contributed by atoms with Gasteiger partial charge in [-0.25, -0.2) is 0 Å². The van der Waals surface area contributed by atoms with Crippen LogP contribution in [0.5, 0.6) is 0 Å². The van der Waals surface area contributed by atoms with Crippen LogP contribution in [0.2, 0.25) is 0 Å². The molecular weight excluding hydrogens is 282 g/mol. The van der Waals surface area contributed by atoms with Crippen molar-refractivity contribution in [3.63, 3.8) is 0 Å². The number of hydrogen-bond donors (Lipinski definition) is 1. The quantitative estimate of drug-likeness (QED) is 0.905. The Morgan fingerprint density at radius 1 is 1.45 bits per heavy atom. The van der Waals surface area contributed by atoms with Crippen molar-refractivity contribution in [3.8, 4) is 0 Å². The maximum Gasteiger partial charge on any atom is 0.303 e. The minimum atomic E-state index is -0.769. The van der Waals surface area contributed by atoms with Gasteiger partial charge in [-0.1, -0.05) is 13.8 Å². The van der Waals surface area contributed by atoms with E-state index in [0.717, 1.165) is 25.1 Å². The van der Waals surface area contributed by atoms with Gasteiger partial charge in [0.1, 0.15) is 0 Å². The van der Waals surface area contributed by atoms with Gasteiger partial charge in [-0.2, -0.15) is 5.10 Å². The highest BCUT2D eigenvalue weighted by Crippen LogP contribution is 2.23. The monoisotopic (exact) mass is 307 g/mol. The predicted molar refractivity (Wildman–Crippen MR) is 82.8 cm³/mol. The number of nitrogens with zero attached hydrogens (tertiary/aromatic N) is 3. The summed E-state index contributed by atoms with van der Waals surface area (Å²) in [5, 5.41) is 13.1. The molecule has 2 rings (SSSR count). The SMILES string of the molecule is CC(C)c1cc(C(=O)N2CCC[C@@H](CCC(=O)O)C2)nn1C. The van der Waals surface area contributed by atoms with E-state index < -0.39 is 5.97 Å². The van der Waals surface area contributed by atoms with Crippen LogP contribution >= 0.6 is 0 Å². The van der Waals surface area contributed by atoms with Crippen molar-refractivity contribution >= 4 is 11.9 Å². The lowest BCUT2D eigenvalue weighted by Gasteiger charge is -2.32. The minimum absolute atomic E-state index is 0.0393. The Morgan fingerprint density at radius 2 is 2.18 bits per heavy atom. The Balaban J connectivity index is 2.02. The lowest BCUT2D eigenvalue weighted by molar-refractivity contribution is -0.137. The molecule has 1 N–H and O–H groups in total. The first-order valence-corrected chi connectivity index (χ1v) is 7.93. The Morgan fingerprint density at radius 3 is 2.77 bits per heavy atom. The molecule has 0 radical (unpaired) electrons. The molecular formula is C16H25N3O3. The third-order valence-corrected chi connectivity index (χ3v) is 4.30. The van der Waals surface area contributed by atoms with Gasteiger partial charge in [0.2, 0.25) is 0 Å². The molecule has 1 aliphatic rings. The molecule has 1 aliphatic heterocycles. The lowest BCUT2D eigenvalue weighted by Crippen LogP contribution is -2.40. The number of carbonyl (C=O) groups is 2. The number of rotatable bonds is 5. The summed E-state index contributed by atoms with van der Waals surface area (Å²) in [6.45, 7) is 5.53. The highest BCUT2D eigenvalue weighted by Gasteiger charge is 2.26. The van der Waals surface area contributed by atoms with Gasteiger partial charge in [0.15, 0.2) is 5.69 Å². The van der Waals surface area contributed by atoms with E-state index in [4.69, 9.17) is 5.11 Å². The number of carbonyl (C=O) groups excluding carboxylic acids is 1. The fourth-order valence-corrected chi connectivity index (χ4v) is 3.10. The molecule has 122 valence electrons. The van der Waals surface area contributed by atoms with Gasteiger partial charge in [0.05, 0.1) is 0 Å². The topological polar surface area (TPSA) is 75.4 Å². The van der Waals surface area contributed by atoms with Crippen LogP contribution in [0.15, 0.2) is 6.07 Å². The van der Waals surface area contributed by atoms with Crippen LogP contribution in [0.4, 0.5) is 0 Å². The first kappa shape index (κ1) is 16.5.